The van der Waals surface area contributed by atoms with Gasteiger partial charge < -0.3 is 15.4 Å². The normalized spacial score (nSPS) is 16.2. The summed E-state index contributed by atoms with van der Waals surface area (Å²) < 4.78 is 31.3. The van der Waals surface area contributed by atoms with Crippen molar-refractivity contribution < 1.29 is 22.7 Å². The van der Waals surface area contributed by atoms with Crippen LogP contribution in [-0.4, -0.2) is 46.2 Å². The fraction of sp³-hybridized carbons (Fsp3) is 0.500. The van der Waals surface area contributed by atoms with Crippen LogP contribution in [0.15, 0.2) is 18.2 Å². The van der Waals surface area contributed by atoms with Gasteiger partial charge in [-0.25, -0.2) is 8.42 Å². The Morgan fingerprint density at radius 1 is 1.28 bits per heavy atom. The molecule has 2 N–H and O–H groups in total. The molecular formula is C16H23N3O5S. The average molecular weight is 369 g/mol. The summed E-state index contributed by atoms with van der Waals surface area (Å²) in [7, 11) is -1.91. The molecule has 0 aliphatic carbocycles. The second-order valence-electron chi connectivity index (χ2n) is 5.76. The van der Waals surface area contributed by atoms with Gasteiger partial charge in [-0.2, -0.15) is 0 Å². The first-order valence-corrected chi connectivity index (χ1v) is 9.67. The van der Waals surface area contributed by atoms with Gasteiger partial charge in [0.2, 0.25) is 21.8 Å². The molecule has 1 aliphatic rings. The fourth-order valence-corrected chi connectivity index (χ4v) is 4.24. The molecule has 138 valence electrons. The van der Waals surface area contributed by atoms with E-state index in [1.807, 2.05) is 0 Å². The highest BCUT2D eigenvalue weighted by Crippen LogP contribution is 2.35. The number of benzene rings is 1. The van der Waals surface area contributed by atoms with Gasteiger partial charge in [-0.1, -0.05) is 0 Å². The SMILES string of the molecule is COc1ccc(NC(=O)CCNC(C)=O)cc1N1CCCCS1(=O)=O. The highest BCUT2D eigenvalue weighted by atomic mass is 32.2. The predicted molar refractivity (Wildman–Crippen MR) is 95.3 cm³/mol. The summed E-state index contributed by atoms with van der Waals surface area (Å²) in [6.07, 6.45) is 1.54. The zero-order chi connectivity index (χ0) is 18.4. The van der Waals surface area contributed by atoms with Crippen molar-refractivity contribution in [1.82, 2.24) is 5.32 Å². The van der Waals surface area contributed by atoms with Crippen molar-refractivity contribution in [2.75, 3.05) is 35.6 Å². The standard InChI is InChI=1S/C16H23N3O5S/c1-12(20)17-8-7-16(21)18-13-5-6-15(24-2)14(11-13)19-9-3-4-10-25(19,22)23/h5-6,11H,3-4,7-10H2,1-2H3,(H,17,20)(H,18,21). The molecule has 1 aromatic rings. The van der Waals surface area contributed by atoms with Crippen molar-refractivity contribution in [3.8, 4) is 5.75 Å². The van der Waals surface area contributed by atoms with E-state index in [1.54, 1.807) is 18.2 Å². The third-order valence-electron chi connectivity index (χ3n) is 3.81. The minimum atomic E-state index is -3.38. The van der Waals surface area contributed by atoms with Crippen molar-refractivity contribution in [3.63, 3.8) is 0 Å². The van der Waals surface area contributed by atoms with Crippen LogP contribution in [0, 0.1) is 0 Å². The number of ether oxygens (including phenoxy) is 1. The van der Waals surface area contributed by atoms with Crippen LogP contribution >= 0.6 is 0 Å². The van der Waals surface area contributed by atoms with Crippen LogP contribution < -0.4 is 19.7 Å². The summed E-state index contributed by atoms with van der Waals surface area (Å²) in [6.45, 7) is 2.01. The van der Waals surface area contributed by atoms with E-state index in [9.17, 15) is 18.0 Å². The molecule has 0 spiro atoms. The van der Waals surface area contributed by atoms with Crippen molar-refractivity contribution in [3.05, 3.63) is 18.2 Å². The van der Waals surface area contributed by atoms with Gasteiger partial charge in [0.15, 0.2) is 0 Å². The highest BCUT2D eigenvalue weighted by Gasteiger charge is 2.28. The molecule has 0 radical (unpaired) electrons. The van der Waals surface area contributed by atoms with Crippen molar-refractivity contribution >= 4 is 33.2 Å². The Bertz CT molecular complexity index is 748. The van der Waals surface area contributed by atoms with Crippen LogP contribution in [0.2, 0.25) is 0 Å². The van der Waals surface area contributed by atoms with Gasteiger partial charge in [-0.15, -0.1) is 0 Å². The molecule has 0 bridgehead atoms. The fourth-order valence-electron chi connectivity index (χ4n) is 2.60. The number of nitrogens with zero attached hydrogens (tertiary/aromatic N) is 1. The smallest absolute Gasteiger partial charge is 0.235 e. The Hall–Kier alpha value is -2.29. The number of amides is 2. The van der Waals surface area contributed by atoms with Crippen LogP contribution in [0.25, 0.3) is 0 Å². The number of nitrogens with one attached hydrogen (secondary N) is 2. The lowest BCUT2D eigenvalue weighted by atomic mass is 10.2. The number of hydrogen-bond donors (Lipinski definition) is 2. The van der Waals surface area contributed by atoms with Crippen molar-refractivity contribution in [2.45, 2.75) is 26.2 Å². The van der Waals surface area contributed by atoms with Gasteiger partial charge in [-0.3, -0.25) is 13.9 Å². The molecular weight excluding hydrogens is 346 g/mol. The quantitative estimate of drug-likeness (QED) is 0.781. The third kappa shape index (κ3) is 5.09. The van der Waals surface area contributed by atoms with E-state index in [4.69, 9.17) is 4.74 Å². The third-order valence-corrected chi connectivity index (χ3v) is 5.66. The van der Waals surface area contributed by atoms with Crippen molar-refractivity contribution in [1.29, 1.82) is 0 Å². The Morgan fingerprint density at radius 3 is 2.68 bits per heavy atom. The lowest BCUT2D eigenvalue weighted by Gasteiger charge is -2.29. The summed E-state index contributed by atoms with van der Waals surface area (Å²) in [5.74, 6) is 0.0617. The van der Waals surface area contributed by atoms with E-state index >= 15 is 0 Å². The van der Waals surface area contributed by atoms with E-state index in [0.29, 0.717) is 30.1 Å². The Labute approximate surface area is 147 Å². The van der Waals surface area contributed by atoms with E-state index in [1.165, 1.54) is 18.3 Å². The number of rotatable bonds is 6. The lowest BCUT2D eigenvalue weighted by Crippen LogP contribution is -2.38. The average Bonchev–Trinajstić information content (AvgIpc) is 2.54. The lowest BCUT2D eigenvalue weighted by molar-refractivity contribution is -0.119. The first-order valence-electron chi connectivity index (χ1n) is 8.06. The largest absolute Gasteiger partial charge is 0.495 e. The molecule has 1 heterocycles. The maximum absolute atomic E-state index is 12.3. The predicted octanol–water partition coefficient (Wildman–Crippen LogP) is 1.09. The molecule has 2 rings (SSSR count). The van der Waals surface area contributed by atoms with E-state index in [0.717, 1.165) is 6.42 Å². The molecule has 0 unspecified atom stereocenters. The molecule has 25 heavy (non-hydrogen) atoms. The zero-order valence-corrected chi connectivity index (χ0v) is 15.2. The first-order chi connectivity index (χ1) is 11.8. The topological polar surface area (TPSA) is 105 Å². The number of sulfonamides is 1. The Kier molecular flexibility index (Phi) is 6.24. The number of anilines is 2. The summed E-state index contributed by atoms with van der Waals surface area (Å²) in [5, 5.41) is 5.25. The molecule has 1 aliphatic heterocycles. The highest BCUT2D eigenvalue weighted by molar-refractivity contribution is 7.92. The number of methoxy groups -OCH3 is 1. The number of carbonyl (C=O) groups excluding carboxylic acids is 2. The van der Waals surface area contributed by atoms with Crippen LogP contribution in [0.4, 0.5) is 11.4 Å². The summed E-state index contributed by atoms with van der Waals surface area (Å²) in [5.41, 5.74) is 0.895. The molecule has 1 aromatic carbocycles. The van der Waals surface area contributed by atoms with Crippen LogP contribution in [0.1, 0.15) is 26.2 Å². The van der Waals surface area contributed by atoms with Gasteiger partial charge in [-0.05, 0) is 31.0 Å². The van der Waals surface area contributed by atoms with Gasteiger partial charge in [0.1, 0.15) is 5.75 Å². The summed E-state index contributed by atoms with van der Waals surface area (Å²) in [4.78, 5) is 22.8. The maximum Gasteiger partial charge on any atom is 0.235 e. The number of carbonyl (C=O) groups is 2. The van der Waals surface area contributed by atoms with Gasteiger partial charge in [0, 0.05) is 32.1 Å². The first kappa shape index (κ1) is 19.0. The monoisotopic (exact) mass is 369 g/mol. The Morgan fingerprint density at radius 2 is 2.04 bits per heavy atom. The Balaban J connectivity index is 2.16. The van der Waals surface area contributed by atoms with Gasteiger partial charge >= 0.3 is 0 Å². The molecule has 1 saturated heterocycles. The van der Waals surface area contributed by atoms with Crippen LogP contribution in [-0.2, 0) is 19.6 Å². The van der Waals surface area contributed by atoms with Crippen LogP contribution in [0.5, 0.6) is 5.75 Å². The molecule has 0 saturated carbocycles. The summed E-state index contributed by atoms with van der Waals surface area (Å²) in [6, 6.07) is 4.87. The molecule has 9 heteroatoms. The van der Waals surface area contributed by atoms with E-state index < -0.39 is 10.0 Å². The summed E-state index contributed by atoms with van der Waals surface area (Å²) >= 11 is 0. The van der Waals surface area contributed by atoms with Gasteiger partial charge in [0.05, 0.1) is 18.6 Å². The molecule has 1 fully saturated rings. The second kappa shape index (κ2) is 8.19. The van der Waals surface area contributed by atoms with Crippen LogP contribution in [0.3, 0.4) is 0 Å². The van der Waals surface area contributed by atoms with Crippen molar-refractivity contribution in [2.24, 2.45) is 0 Å². The second-order valence-corrected chi connectivity index (χ2v) is 7.78. The van der Waals surface area contributed by atoms with E-state index in [-0.39, 0.29) is 30.5 Å². The van der Waals surface area contributed by atoms with Gasteiger partial charge in [0.25, 0.3) is 0 Å². The molecule has 0 atom stereocenters. The maximum atomic E-state index is 12.3. The molecule has 2 amide bonds. The zero-order valence-electron chi connectivity index (χ0n) is 14.4. The molecule has 0 aromatic heterocycles. The minimum Gasteiger partial charge on any atom is -0.495 e. The minimum absolute atomic E-state index is 0.101. The number of hydrogen-bond acceptors (Lipinski definition) is 5. The van der Waals surface area contributed by atoms with E-state index in [2.05, 4.69) is 10.6 Å². The molecule has 8 nitrogen and oxygen atoms in total.